The summed E-state index contributed by atoms with van der Waals surface area (Å²) in [6, 6.07) is 9.34. The molecule has 0 saturated heterocycles. The first-order valence-electron chi connectivity index (χ1n) is 6.31. The number of carboxylic acid groups (broad SMARTS) is 1. The number of hydrogen-bond acceptors (Lipinski definition) is 4. The lowest BCUT2D eigenvalue weighted by molar-refractivity contribution is 0.0692. The van der Waals surface area contributed by atoms with Gasteiger partial charge in [-0.25, -0.2) is 9.48 Å². The Hall–Kier alpha value is -1.95. The number of rotatable bonds is 7. The number of nitrogens with zero attached hydrogens (tertiary/aromatic N) is 2. The van der Waals surface area contributed by atoms with E-state index >= 15 is 0 Å². The molecule has 0 saturated carbocycles. The third-order valence-electron chi connectivity index (χ3n) is 2.63. The van der Waals surface area contributed by atoms with Crippen molar-refractivity contribution in [1.82, 2.24) is 9.78 Å². The molecule has 0 atom stereocenters. The van der Waals surface area contributed by atoms with Gasteiger partial charge in [0.05, 0.1) is 18.5 Å². The first kappa shape index (κ1) is 14.5. The summed E-state index contributed by atoms with van der Waals surface area (Å²) in [6.07, 6.45) is 1.32. The van der Waals surface area contributed by atoms with Gasteiger partial charge in [0.2, 0.25) is 5.88 Å². The standard InChI is InChI=1S/C14H16N2O3S/c1-2-20-9-8-19-13-12(14(17)18)10-15-16(13)11-6-4-3-5-7-11/h3-7,10H,2,8-9H2,1H3,(H,17,18). The predicted octanol–water partition coefficient (Wildman–Crippen LogP) is 2.70. The van der Waals surface area contributed by atoms with Crippen molar-refractivity contribution in [3.8, 4) is 11.6 Å². The molecule has 1 aromatic carbocycles. The minimum Gasteiger partial charge on any atom is -0.477 e. The van der Waals surface area contributed by atoms with E-state index in [9.17, 15) is 9.90 Å². The van der Waals surface area contributed by atoms with E-state index in [1.807, 2.05) is 30.3 Å². The van der Waals surface area contributed by atoms with Crippen LogP contribution in [0.25, 0.3) is 5.69 Å². The molecule has 5 nitrogen and oxygen atoms in total. The molecule has 1 aromatic heterocycles. The molecule has 0 amide bonds. The molecule has 2 aromatic rings. The van der Waals surface area contributed by atoms with E-state index in [0.717, 1.165) is 17.2 Å². The Labute approximate surface area is 121 Å². The van der Waals surface area contributed by atoms with Crippen molar-refractivity contribution in [1.29, 1.82) is 0 Å². The van der Waals surface area contributed by atoms with Crippen LogP contribution in [0.4, 0.5) is 0 Å². The van der Waals surface area contributed by atoms with Crippen molar-refractivity contribution >= 4 is 17.7 Å². The summed E-state index contributed by atoms with van der Waals surface area (Å²) in [4.78, 5) is 11.2. The number of carboxylic acids is 1. The van der Waals surface area contributed by atoms with E-state index in [4.69, 9.17) is 4.74 Å². The fourth-order valence-corrected chi connectivity index (χ4v) is 2.21. The summed E-state index contributed by atoms with van der Waals surface area (Å²) in [5.41, 5.74) is 0.855. The Bertz CT molecular complexity index is 569. The number of carbonyl (C=O) groups is 1. The van der Waals surface area contributed by atoms with Crippen LogP contribution in [0.15, 0.2) is 36.5 Å². The molecule has 2 rings (SSSR count). The number of aromatic nitrogens is 2. The molecule has 0 fully saturated rings. The van der Waals surface area contributed by atoms with Gasteiger partial charge in [-0.1, -0.05) is 25.1 Å². The van der Waals surface area contributed by atoms with Crippen molar-refractivity contribution in [2.45, 2.75) is 6.92 Å². The highest BCUT2D eigenvalue weighted by Gasteiger charge is 2.19. The lowest BCUT2D eigenvalue weighted by Crippen LogP contribution is -2.09. The second-order valence-corrected chi connectivity index (χ2v) is 5.36. The minimum absolute atomic E-state index is 0.0790. The fourth-order valence-electron chi connectivity index (χ4n) is 1.72. The van der Waals surface area contributed by atoms with E-state index in [2.05, 4.69) is 12.0 Å². The molecule has 0 aliphatic rings. The maximum absolute atomic E-state index is 11.2. The van der Waals surface area contributed by atoms with E-state index in [0.29, 0.717) is 6.61 Å². The van der Waals surface area contributed by atoms with Gasteiger partial charge in [0.15, 0.2) is 0 Å². The minimum atomic E-state index is -1.04. The molecule has 0 aliphatic carbocycles. The number of ether oxygens (including phenoxy) is 1. The summed E-state index contributed by atoms with van der Waals surface area (Å²) in [6.45, 7) is 2.53. The normalized spacial score (nSPS) is 10.4. The molecular formula is C14H16N2O3S. The van der Waals surface area contributed by atoms with Crippen LogP contribution >= 0.6 is 11.8 Å². The first-order valence-corrected chi connectivity index (χ1v) is 7.46. The Morgan fingerprint density at radius 1 is 1.40 bits per heavy atom. The van der Waals surface area contributed by atoms with Gasteiger partial charge in [0.25, 0.3) is 0 Å². The highest BCUT2D eigenvalue weighted by molar-refractivity contribution is 7.99. The molecule has 0 aliphatic heterocycles. The maximum Gasteiger partial charge on any atom is 0.342 e. The van der Waals surface area contributed by atoms with Crippen LogP contribution < -0.4 is 4.74 Å². The summed E-state index contributed by atoms with van der Waals surface area (Å²) < 4.78 is 7.14. The van der Waals surface area contributed by atoms with Gasteiger partial charge < -0.3 is 9.84 Å². The topological polar surface area (TPSA) is 64.3 Å². The van der Waals surface area contributed by atoms with Crippen LogP contribution in [0.3, 0.4) is 0 Å². The maximum atomic E-state index is 11.2. The molecule has 0 spiro atoms. The van der Waals surface area contributed by atoms with Crippen LogP contribution in [0.1, 0.15) is 17.3 Å². The Morgan fingerprint density at radius 3 is 2.80 bits per heavy atom. The van der Waals surface area contributed by atoms with Crippen LogP contribution in [0.5, 0.6) is 5.88 Å². The Morgan fingerprint density at radius 2 is 2.15 bits per heavy atom. The fraction of sp³-hybridized carbons (Fsp3) is 0.286. The molecule has 0 unspecified atom stereocenters. The second-order valence-electron chi connectivity index (χ2n) is 3.96. The largest absolute Gasteiger partial charge is 0.477 e. The van der Waals surface area contributed by atoms with Crippen molar-refractivity contribution in [2.75, 3.05) is 18.1 Å². The molecule has 1 N–H and O–H groups in total. The Kier molecular flexibility index (Phi) is 5.06. The van der Waals surface area contributed by atoms with E-state index in [1.54, 1.807) is 11.8 Å². The predicted molar refractivity (Wildman–Crippen MR) is 79.0 cm³/mol. The smallest absolute Gasteiger partial charge is 0.342 e. The molecule has 1 heterocycles. The zero-order valence-electron chi connectivity index (χ0n) is 11.2. The van der Waals surface area contributed by atoms with Gasteiger partial charge in [-0.05, 0) is 17.9 Å². The van der Waals surface area contributed by atoms with Crippen molar-refractivity contribution in [3.63, 3.8) is 0 Å². The zero-order chi connectivity index (χ0) is 14.4. The van der Waals surface area contributed by atoms with Gasteiger partial charge in [-0.15, -0.1) is 0 Å². The molecule has 0 bridgehead atoms. The third-order valence-corrected chi connectivity index (χ3v) is 3.49. The van der Waals surface area contributed by atoms with Gasteiger partial charge in [0, 0.05) is 5.75 Å². The molecule has 0 radical (unpaired) electrons. The van der Waals surface area contributed by atoms with Crippen LogP contribution in [-0.2, 0) is 0 Å². The Balaban J connectivity index is 2.26. The average molecular weight is 292 g/mol. The summed E-state index contributed by atoms with van der Waals surface area (Å²) in [5, 5.41) is 13.3. The van der Waals surface area contributed by atoms with Crippen LogP contribution in [0.2, 0.25) is 0 Å². The quantitative estimate of drug-likeness (QED) is 0.795. The van der Waals surface area contributed by atoms with E-state index < -0.39 is 5.97 Å². The van der Waals surface area contributed by atoms with Gasteiger partial charge in [-0.3, -0.25) is 0 Å². The summed E-state index contributed by atoms with van der Waals surface area (Å²) >= 11 is 1.74. The summed E-state index contributed by atoms with van der Waals surface area (Å²) in [5.74, 6) is 1.06. The van der Waals surface area contributed by atoms with Gasteiger partial charge in [-0.2, -0.15) is 16.9 Å². The van der Waals surface area contributed by atoms with Crippen LogP contribution in [-0.4, -0.2) is 39.0 Å². The number of para-hydroxylation sites is 1. The third kappa shape index (κ3) is 3.33. The van der Waals surface area contributed by atoms with Crippen molar-refractivity contribution in [2.24, 2.45) is 0 Å². The number of benzene rings is 1. The molecule has 20 heavy (non-hydrogen) atoms. The van der Waals surface area contributed by atoms with E-state index in [-0.39, 0.29) is 11.4 Å². The van der Waals surface area contributed by atoms with Gasteiger partial charge in [0.1, 0.15) is 5.56 Å². The highest BCUT2D eigenvalue weighted by atomic mass is 32.2. The SMILES string of the molecule is CCSCCOc1c(C(=O)O)cnn1-c1ccccc1. The number of aromatic carboxylic acids is 1. The zero-order valence-corrected chi connectivity index (χ0v) is 12.0. The molecular weight excluding hydrogens is 276 g/mol. The van der Waals surface area contributed by atoms with Crippen molar-refractivity contribution < 1.29 is 14.6 Å². The second kappa shape index (κ2) is 7.00. The first-order chi connectivity index (χ1) is 9.74. The van der Waals surface area contributed by atoms with E-state index in [1.165, 1.54) is 10.9 Å². The lowest BCUT2D eigenvalue weighted by atomic mass is 10.3. The van der Waals surface area contributed by atoms with Crippen LogP contribution in [0, 0.1) is 0 Å². The molecule has 106 valence electrons. The van der Waals surface area contributed by atoms with Gasteiger partial charge >= 0.3 is 5.97 Å². The lowest BCUT2D eigenvalue weighted by Gasteiger charge is -2.10. The number of thioether (sulfide) groups is 1. The molecule has 6 heteroatoms. The summed E-state index contributed by atoms with van der Waals surface area (Å²) in [7, 11) is 0. The number of hydrogen-bond donors (Lipinski definition) is 1. The monoisotopic (exact) mass is 292 g/mol. The van der Waals surface area contributed by atoms with Crippen molar-refractivity contribution in [3.05, 3.63) is 42.1 Å². The average Bonchev–Trinajstić information content (AvgIpc) is 2.88. The highest BCUT2D eigenvalue weighted by Crippen LogP contribution is 2.23.